The number of ether oxygens (including phenoxy) is 1. The number of aryl methyl sites for hydroxylation is 1. The summed E-state index contributed by atoms with van der Waals surface area (Å²) in [4.78, 5) is 21.8. The number of hydrogen-bond acceptors (Lipinski definition) is 7. The molecule has 1 saturated heterocycles. The van der Waals surface area contributed by atoms with Gasteiger partial charge in [-0.15, -0.1) is 0 Å². The Morgan fingerprint density at radius 1 is 0.975 bits per heavy atom. The molecule has 0 spiro atoms. The molecule has 1 fully saturated rings. The summed E-state index contributed by atoms with van der Waals surface area (Å²) in [6.07, 6.45) is 3.94. The number of fused-ring (bicyclic) bond motifs is 2. The summed E-state index contributed by atoms with van der Waals surface area (Å²) < 4.78 is 11.7. The molecule has 1 aliphatic carbocycles. The minimum atomic E-state index is -0.619. The number of aliphatic hydroxyl groups is 1. The molecule has 1 aliphatic heterocycles. The number of benzene rings is 3. The van der Waals surface area contributed by atoms with Gasteiger partial charge in [-0.05, 0) is 67.1 Å². The highest BCUT2D eigenvalue weighted by Gasteiger charge is 2.22. The summed E-state index contributed by atoms with van der Waals surface area (Å²) in [5.74, 6) is 1.26. The van der Waals surface area contributed by atoms with Gasteiger partial charge in [-0.1, -0.05) is 30.3 Å². The molecule has 208 valence electrons. The number of amides is 1. The SMILES string of the molecule is O=C(CN1CCN(CC(O)COc2ccc3oc(-c4ccccc4)nc3c2)CC1)Nc1cccc2c1CCCC2. The number of carbonyl (C=O) groups is 1. The van der Waals surface area contributed by atoms with Crippen molar-refractivity contribution >= 4 is 22.7 Å². The number of piperazine rings is 1. The molecule has 1 atom stereocenters. The van der Waals surface area contributed by atoms with Gasteiger partial charge in [-0.2, -0.15) is 0 Å². The molecular weight excluding hydrogens is 504 g/mol. The summed E-state index contributed by atoms with van der Waals surface area (Å²) in [5, 5.41) is 13.8. The Balaban J connectivity index is 0.939. The zero-order valence-electron chi connectivity index (χ0n) is 22.7. The monoisotopic (exact) mass is 540 g/mol. The Morgan fingerprint density at radius 2 is 1.77 bits per heavy atom. The lowest BCUT2D eigenvalue weighted by Gasteiger charge is -2.35. The number of aromatic nitrogens is 1. The van der Waals surface area contributed by atoms with Gasteiger partial charge in [0.05, 0.1) is 6.54 Å². The molecule has 40 heavy (non-hydrogen) atoms. The van der Waals surface area contributed by atoms with E-state index in [0.29, 0.717) is 30.3 Å². The number of nitrogens with zero attached hydrogens (tertiary/aromatic N) is 3. The number of β-amino-alcohol motifs (C(OH)–C–C–N with tert-alkyl or cyclic N) is 1. The fourth-order valence-electron chi connectivity index (χ4n) is 5.67. The van der Waals surface area contributed by atoms with Gasteiger partial charge in [-0.25, -0.2) is 4.98 Å². The molecule has 4 aromatic rings. The van der Waals surface area contributed by atoms with Crippen LogP contribution in [0.2, 0.25) is 0 Å². The quantitative estimate of drug-likeness (QED) is 0.326. The molecule has 1 unspecified atom stereocenters. The van der Waals surface area contributed by atoms with E-state index >= 15 is 0 Å². The lowest BCUT2D eigenvalue weighted by atomic mass is 9.90. The van der Waals surface area contributed by atoms with Crippen molar-refractivity contribution in [3.63, 3.8) is 0 Å². The van der Waals surface area contributed by atoms with Crippen molar-refractivity contribution < 1.29 is 19.1 Å². The second-order valence-electron chi connectivity index (χ2n) is 10.8. The minimum absolute atomic E-state index is 0.0424. The van der Waals surface area contributed by atoms with Crippen molar-refractivity contribution in [3.8, 4) is 17.2 Å². The van der Waals surface area contributed by atoms with Crippen LogP contribution in [0.25, 0.3) is 22.6 Å². The number of oxazole rings is 1. The van der Waals surface area contributed by atoms with Crippen LogP contribution in [0.1, 0.15) is 24.0 Å². The highest BCUT2D eigenvalue weighted by molar-refractivity contribution is 5.93. The van der Waals surface area contributed by atoms with Crippen LogP contribution in [-0.4, -0.2) is 77.8 Å². The molecule has 6 rings (SSSR count). The van der Waals surface area contributed by atoms with Gasteiger partial charge in [0.2, 0.25) is 11.8 Å². The molecule has 2 aliphatic rings. The summed E-state index contributed by atoms with van der Waals surface area (Å²) in [6.45, 7) is 4.30. The van der Waals surface area contributed by atoms with Crippen LogP contribution < -0.4 is 10.1 Å². The number of hydrogen-bond donors (Lipinski definition) is 2. The Labute approximate surface area is 234 Å². The number of nitrogens with one attached hydrogen (secondary N) is 1. The molecule has 2 heterocycles. The second-order valence-corrected chi connectivity index (χ2v) is 10.8. The first-order valence-electron chi connectivity index (χ1n) is 14.2. The second kappa shape index (κ2) is 12.2. The number of rotatable bonds is 9. The van der Waals surface area contributed by atoms with Crippen LogP contribution in [0.5, 0.6) is 5.75 Å². The maximum absolute atomic E-state index is 12.8. The Hall–Kier alpha value is -3.72. The first-order valence-corrected chi connectivity index (χ1v) is 14.2. The van der Waals surface area contributed by atoms with Crippen molar-refractivity contribution in [2.45, 2.75) is 31.8 Å². The van der Waals surface area contributed by atoms with Gasteiger partial charge < -0.3 is 19.6 Å². The van der Waals surface area contributed by atoms with E-state index in [1.165, 1.54) is 24.0 Å². The third-order valence-corrected chi connectivity index (χ3v) is 7.79. The van der Waals surface area contributed by atoms with Crippen LogP contribution >= 0.6 is 0 Å². The summed E-state index contributed by atoms with van der Waals surface area (Å²) >= 11 is 0. The molecule has 1 amide bonds. The lowest BCUT2D eigenvalue weighted by molar-refractivity contribution is -0.117. The van der Waals surface area contributed by atoms with Crippen LogP contribution in [-0.2, 0) is 17.6 Å². The van der Waals surface area contributed by atoms with Gasteiger partial charge in [-0.3, -0.25) is 14.6 Å². The van der Waals surface area contributed by atoms with Gasteiger partial charge in [0.1, 0.15) is 24.0 Å². The molecule has 2 N–H and O–H groups in total. The predicted octanol–water partition coefficient (Wildman–Crippen LogP) is 4.37. The highest BCUT2D eigenvalue weighted by atomic mass is 16.5. The van der Waals surface area contributed by atoms with E-state index in [0.717, 1.165) is 55.8 Å². The van der Waals surface area contributed by atoms with Crippen molar-refractivity contribution in [3.05, 3.63) is 77.9 Å². The standard InChI is InChI=1S/C32H36N4O4/c37-25(22-39-26-13-14-30-29(19-26)34-32(40-30)24-8-2-1-3-9-24)20-35-15-17-36(18-16-35)21-31(38)33-28-12-6-10-23-7-4-5-11-27(23)28/h1-3,6,8-10,12-14,19,25,37H,4-5,7,11,15-18,20-22H2,(H,33,38). The van der Waals surface area contributed by atoms with Gasteiger partial charge in [0.15, 0.2) is 5.58 Å². The van der Waals surface area contributed by atoms with Crippen molar-refractivity contribution in [2.75, 3.05) is 51.2 Å². The molecule has 1 aromatic heterocycles. The first kappa shape index (κ1) is 26.5. The fraction of sp³-hybridized carbons (Fsp3) is 0.375. The third kappa shape index (κ3) is 6.36. The maximum atomic E-state index is 12.8. The Kier molecular flexibility index (Phi) is 8.09. The first-order chi connectivity index (χ1) is 19.6. The topological polar surface area (TPSA) is 91.1 Å². The molecule has 0 bridgehead atoms. The highest BCUT2D eigenvalue weighted by Crippen LogP contribution is 2.28. The van der Waals surface area contributed by atoms with Crippen LogP contribution in [0.4, 0.5) is 5.69 Å². The maximum Gasteiger partial charge on any atom is 0.238 e. The molecule has 3 aromatic carbocycles. The molecule has 0 saturated carbocycles. The normalized spacial score (nSPS) is 16.9. The van der Waals surface area contributed by atoms with E-state index in [-0.39, 0.29) is 12.5 Å². The number of carbonyl (C=O) groups excluding carboxylic acids is 1. The lowest BCUT2D eigenvalue weighted by Crippen LogP contribution is -2.50. The van der Waals surface area contributed by atoms with E-state index in [9.17, 15) is 9.90 Å². The fourth-order valence-corrected chi connectivity index (χ4v) is 5.67. The zero-order chi connectivity index (χ0) is 27.3. The number of anilines is 1. The summed E-state index contributed by atoms with van der Waals surface area (Å²) in [6, 6.07) is 21.6. The Bertz CT molecular complexity index is 1450. The summed E-state index contributed by atoms with van der Waals surface area (Å²) in [7, 11) is 0. The predicted molar refractivity (Wildman–Crippen MR) is 156 cm³/mol. The van der Waals surface area contributed by atoms with Gasteiger partial charge >= 0.3 is 0 Å². The van der Waals surface area contributed by atoms with Crippen molar-refractivity contribution in [1.82, 2.24) is 14.8 Å². The third-order valence-electron chi connectivity index (χ3n) is 7.79. The van der Waals surface area contributed by atoms with Gasteiger partial charge in [0, 0.05) is 50.0 Å². The Morgan fingerprint density at radius 3 is 2.62 bits per heavy atom. The van der Waals surface area contributed by atoms with Crippen molar-refractivity contribution in [2.24, 2.45) is 0 Å². The van der Waals surface area contributed by atoms with Crippen LogP contribution in [0, 0.1) is 0 Å². The van der Waals surface area contributed by atoms with Crippen LogP contribution in [0.15, 0.2) is 71.1 Å². The molecular formula is C32H36N4O4. The van der Waals surface area contributed by atoms with E-state index in [1.807, 2.05) is 60.7 Å². The average molecular weight is 541 g/mol. The smallest absolute Gasteiger partial charge is 0.238 e. The van der Waals surface area contributed by atoms with E-state index in [1.54, 1.807) is 0 Å². The van der Waals surface area contributed by atoms with Crippen molar-refractivity contribution in [1.29, 1.82) is 0 Å². The minimum Gasteiger partial charge on any atom is -0.491 e. The molecule has 0 radical (unpaired) electrons. The number of aliphatic hydroxyl groups excluding tert-OH is 1. The largest absolute Gasteiger partial charge is 0.491 e. The zero-order valence-corrected chi connectivity index (χ0v) is 22.7. The van der Waals surface area contributed by atoms with E-state index in [4.69, 9.17) is 9.15 Å². The summed E-state index contributed by atoms with van der Waals surface area (Å²) in [5.41, 5.74) is 5.99. The molecule has 8 nitrogen and oxygen atoms in total. The molecule has 8 heteroatoms. The van der Waals surface area contributed by atoms with Gasteiger partial charge in [0.25, 0.3) is 0 Å². The van der Waals surface area contributed by atoms with Crippen LogP contribution in [0.3, 0.4) is 0 Å². The average Bonchev–Trinajstić information content (AvgIpc) is 3.41. The van der Waals surface area contributed by atoms with E-state index < -0.39 is 6.10 Å². The van der Waals surface area contributed by atoms with E-state index in [2.05, 4.69) is 26.2 Å².